The van der Waals surface area contributed by atoms with Gasteiger partial charge >= 0.3 is 0 Å². The Kier molecular flexibility index (Phi) is 5.14. The summed E-state index contributed by atoms with van der Waals surface area (Å²) in [5.41, 5.74) is 10.7. The van der Waals surface area contributed by atoms with Crippen LogP contribution in [0.3, 0.4) is 0 Å². The SMILES string of the molecule is CC1(C)c2cc(-c3c4ccccc4c(-c4ccccc4)c4ccccc34)ccc2-c2sc(-c3ccccc3)cc21. The lowest BCUT2D eigenvalue weighted by Crippen LogP contribution is -2.14. The highest BCUT2D eigenvalue weighted by atomic mass is 32.1. The predicted octanol–water partition coefficient (Wildman–Crippen LogP) is 11.4. The van der Waals surface area contributed by atoms with Crippen LogP contribution in [0.1, 0.15) is 25.0 Å². The van der Waals surface area contributed by atoms with Crippen LogP contribution in [0.4, 0.5) is 0 Å². The Morgan fingerprint density at radius 1 is 0.450 bits per heavy atom. The van der Waals surface area contributed by atoms with Gasteiger partial charge in [-0.05, 0) is 78.2 Å². The van der Waals surface area contributed by atoms with E-state index in [0.29, 0.717) is 0 Å². The molecule has 0 spiro atoms. The number of hydrogen-bond donors (Lipinski definition) is 0. The third-order valence-electron chi connectivity index (χ3n) is 8.68. The molecule has 1 aliphatic carbocycles. The lowest BCUT2D eigenvalue weighted by Gasteiger charge is -2.23. The van der Waals surface area contributed by atoms with Crippen LogP contribution < -0.4 is 0 Å². The van der Waals surface area contributed by atoms with Gasteiger partial charge in [0.2, 0.25) is 0 Å². The third kappa shape index (κ3) is 3.38. The lowest BCUT2D eigenvalue weighted by atomic mass is 9.80. The molecule has 0 fully saturated rings. The molecule has 0 saturated carbocycles. The molecule has 40 heavy (non-hydrogen) atoms. The molecule has 0 bridgehead atoms. The molecule has 6 aromatic carbocycles. The van der Waals surface area contributed by atoms with Crippen LogP contribution in [0.15, 0.2) is 133 Å². The van der Waals surface area contributed by atoms with Crippen molar-refractivity contribution in [1.82, 2.24) is 0 Å². The van der Waals surface area contributed by atoms with Crippen LogP contribution in [-0.2, 0) is 5.41 Å². The van der Waals surface area contributed by atoms with Crippen molar-refractivity contribution >= 4 is 32.9 Å². The highest BCUT2D eigenvalue weighted by Crippen LogP contribution is 2.55. The number of thiophene rings is 1. The third-order valence-corrected chi connectivity index (χ3v) is 9.90. The number of rotatable bonds is 3. The molecule has 190 valence electrons. The molecule has 0 N–H and O–H groups in total. The first-order valence-electron chi connectivity index (χ1n) is 13.9. The summed E-state index contributed by atoms with van der Waals surface area (Å²) < 4.78 is 0. The summed E-state index contributed by atoms with van der Waals surface area (Å²) >= 11 is 1.93. The summed E-state index contributed by atoms with van der Waals surface area (Å²) in [4.78, 5) is 2.77. The van der Waals surface area contributed by atoms with Gasteiger partial charge in [0.1, 0.15) is 0 Å². The topological polar surface area (TPSA) is 0 Å². The second kappa shape index (κ2) is 8.78. The van der Waals surface area contributed by atoms with Crippen LogP contribution in [0.25, 0.3) is 64.7 Å². The molecule has 0 aliphatic heterocycles. The van der Waals surface area contributed by atoms with E-state index >= 15 is 0 Å². The first kappa shape index (κ1) is 23.4. The molecule has 1 heteroatoms. The smallest absolute Gasteiger partial charge is 0.0393 e. The second-order valence-corrected chi connectivity index (χ2v) is 12.4. The van der Waals surface area contributed by atoms with E-state index < -0.39 is 0 Å². The number of benzene rings is 6. The molecule has 0 amide bonds. The molecule has 0 unspecified atom stereocenters. The first-order chi connectivity index (χ1) is 19.6. The van der Waals surface area contributed by atoms with E-state index in [0.717, 1.165) is 0 Å². The molecule has 0 saturated heterocycles. The zero-order valence-electron chi connectivity index (χ0n) is 22.6. The quantitative estimate of drug-likeness (QED) is 0.200. The summed E-state index contributed by atoms with van der Waals surface area (Å²) in [6, 6.07) is 49.1. The average molecular weight is 529 g/mol. The Balaban J connectivity index is 1.37. The first-order valence-corrected chi connectivity index (χ1v) is 14.8. The maximum atomic E-state index is 2.47. The highest BCUT2D eigenvalue weighted by Gasteiger charge is 2.38. The van der Waals surface area contributed by atoms with Gasteiger partial charge in [-0.3, -0.25) is 0 Å². The van der Waals surface area contributed by atoms with Gasteiger partial charge in [-0.15, -0.1) is 11.3 Å². The molecule has 1 aromatic heterocycles. The minimum atomic E-state index is -0.0558. The monoisotopic (exact) mass is 528 g/mol. The molecule has 1 aliphatic rings. The van der Waals surface area contributed by atoms with Crippen molar-refractivity contribution in [2.45, 2.75) is 19.3 Å². The second-order valence-electron chi connectivity index (χ2n) is 11.3. The van der Waals surface area contributed by atoms with Crippen molar-refractivity contribution in [3.8, 4) is 43.1 Å². The van der Waals surface area contributed by atoms with E-state index in [-0.39, 0.29) is 5.41 Å². The minimum absolute atomic E-state index is 0.0558. The van der Waals surface area contributed by atoms with E-state index in [1.807, 2.05) is 11.3 Å². The Hall–Kier alpha value is -4.46. The van der Waals surface area contributed by atoms with E-state index in [1.165, 1.54) is 75.8 Å². The Labute approximate surface area is 239 Å². The van der Waals surface area contributed by atoms with Gasteiger partial charge in [0, 0.05) is 15.2 Å². The van der Waals surface area contributed by atoms with Gasteiger partial charge in [0.05, 0.1) is 0 Å². The Morgan fingerprint density at radius 2 is 0.950 bits per heavy atom. The molecule has 8 rings (SSSR count). The maximum Gasteiger partial charge on any atom is 0.0393 e. The molecule has 7 aromatic rings. The zero-order chi connectivity index (χ0) is 26.8. The van der Waals surface area contributed by atoms with Crippen molar-refractivity contribution < 1.29 is 0 Å². The summed E-state index contributed by atoms with van der Waals surface area (Å²) in [5, 5.41) is 5.21. The number of fused-ring (bicyclic) bond motifs is 5. The Bertz CT molecular complexity index is 2000. The molecular weight excluding hydrogens is 500 g/mol. The maximum absolute atomic E-state index is 2.47. The van der Waals surface area contributed by atoms with Crippen molar-refractivity contribution in [2.75, 3.05) is 0 Å². The fourth-order valence-corrected chi connectivity index (χ4v) is 8.08. The molecular formula is C39H28S. The van der Waals surface area contributed by atoms with Crippen LogP contribution in [0, 0.1) is 0 Å². The summed E-state index contributed by atoms with van der Waals surface area (Å²) in [7, 11) is 0. The highest BCUT2D eigenvalue weighted by molar-refractivity contribution is 7.19. The van der Waals surface area contributed by atoms with Crippen LogP contribution in [0.5, 0.6) is 0 Å². The standard InChI is InChI=1S/C39H28S/c1-39(2)33-23-27(21-22-32(33)38-34(39)24-35(40-38)25-13-5-3-6-14-25)37-30-19-11-9-17-28(30)36(26-15-7-4-8-16-26)29-18-10-12-20-31(29)37/h3-24H,1-2H3. The summed E-state index contributed by atoms with van der Waals surface area (Å²) in [6.45, 7) is 4.77. The molecule has 0 atom stereocenters. The van der Waals surface area contributed by atoms with Gasteiger partial charge in [-0.2, -0.15) is 0 Å². The van der Waals surface area contributed by atoms with Gasteiger partial charge in [0.15, 0.2) is 0 Å². The summed E-state index contributed by atoms with van der Waals surface area (Å²) in [5.74, 6) is 0. The number of hydrogen-bond acceptors (Lipinski definition) is 1. The van der Waals surface area contributed by atoms with Gasteiger partial charge in [-0.1, -0.05) is 135 Å². The molecule has 0 nitrogen and oxygen atoms in total. The molecule has 1 heterocycles. The minimum Gasteiger partial charge on any atom is -0.135 e. The van der Waals surface area contributed by atoms with E-state index in [2.05, 4.69) is 147 Å². The van der Waals surface area contributed by atoms with Crippen LogP contribution in [0.2, 0.25) is 0 Å². The largest absolute Gasteiger partial charge is 0.135 e. The van der Waals surface area contributed by atoms with Crippen molar-refractivity contribution in [3.05, 3.63) is 145 Å². The van der Waals surface area contributed by atoms with Crippen LogP contribution in [-0.4, -0.2) is 0 Å². The van der Waals surface area contributed by atoms with Crippen molar-refractivity contribution in [1.29, 1.82) is 0 Å². The normalized spacial score (nSPS) is 13.4. The predicted molar refractivity (Wildman–Crippen MR) is 173 cm³/mol. The van der Waals surface area contributed by atoms with Gasteiger partial charge < -0.3 is 0 Å². The zero-order valence-corrected chi connectivity index (χ0v) is 23.4. The van der Waals surface area contributed by atoms with Crippen LogP contribution >= 0.6 is 11.3 Å². The van der Waals surface area contributed by atoms with Crippen molar-refractivity contribution in [3.63, 3.8) is 0 Å². The van der Waals surface area contributed by atoms with E-state index in [4.69, 9.17) is 0 Å². The van der Waals surface area contributed by atoms with E-state index in [1.54, 1.807) is 0 Å². The van der Waals surface area contributed by atoms with Gasteiger partial charge in [-0.25, -0.2) is 0 Å². The molecule has 0 radical (unpaired) electrons. The fourth-order valence-electron chi connectivity index (χ4n) is 6.72. The lowest BCUT2D eigenvalue weighted by molar-refractivity contribution is 0.662. The van der Waals surface area contributed by atoms with Gasteiger partial charge in [0.25, 0.3) is 0 Å². The Morgan fingerprint density at radius 3 is 1.52 bits per heavy atom. The van der Waals surface area contributed by atoms with E-state index in [9.17, 15) is 0 Å². The average Bonchev–Trinajstić information content (AvgIpc) is 3.54. The fraction of sp³-hybridized carbons (Fsp3) is 0.0769. The summed E-state index contributed by atoms with van der Waals surface area (Å²) in [6.07, 6.45) is 0. The van der Waals surface area contributed by atoms with Crippen molar-refractivity contribution in [2.24, 2.45) is 0 Å².